The second-order valence-corrected chi connectivity index (χ2v) is 7.72. The molecular weight excluding hydrogens is 282 g/mol. The molecule has 0 unspecified atom stereocenters. The summed E-state index contributed by atoms with van der Waals surface area (Å²) in [5.41, 5.74) is 0. The molecule has 4 heteroatoms. The van der Waals surface area contributed by atoms with Crippen LogP contribution in [-0.4, -0.2) is 14.5 Å². The third kappa shape index (κ3) is 4.29. The van der Waals surface area contributed by atoms with Gasteiger partial charge in [-0.05, 0) is 48.6 Å². The fourth-order valence-electron chi connectivity index (χ4n) is 2.31. The van der Waals surface area contributed by atoms with Crippen LogP contribution < -0.4 is 4.72 Å². The summed E-state index contributed by atoms with van der Waals surface area (Å²) in [7, 11) is -3.45. The number of rotatable bonds is 6. The van der Waals surface area contributed by atoms with Crippen LogP contribution in [0, 0.1) is 5.92 Å². The third-order valence-corrected chi connectivity index (χ3v) is 5.15. The topological polar surface area (TPSA) is 46.2 Å². The Morgan fingerprint density at radius 3 is 2.29 bits per heavy atom. The summed E-state index contributed by atoms with van der Waals surface area (Å²) < 4.78 is 27.6. The van der Waals surface area contributed by atoms with E-state index in [9.17, 15) is 8.42 Å². The van der Waals surface area contributed by atoms with E-state index in [-0.39, 0.29) is 6.04 Å². The van der Waals surface area contributed by atoms with Gasteiger partial charge in [0.05, 0.1) is 4.90 Å². The van der Waals surface area contributed by atoms with Crippen molar-refractivity contribution in [3.8, 4) is 0 Å². The van der Waals surface area contributed by atoms with Crippen LogP contribution in [0.3, 0.4) is 0 Å². The number of hydrogen-bond acceptors (Lipinski definition) is 2. The highest BCUT2D eigenvalue weighted by molar-refractivity contribution is 7.89. The van der Waals surface area contributed by atoms with E-state index in [4.69, 9.17) is 0 Å². The minimum absolute atomic E-state index is 0.0520. The largest absolute Gasteiger partial charge is 0.240 e. The van der Waals surface area contributed by atoms with Crippen molar-refractivity contribution in [3.63, 3.8) is 0 Å². The van der Waals surface area contributed by atoms with E-state index in [1.807, 2.05) is 37.3 Å². The van der Waals surface area contributed by atoms with Crippen LogP contribution in [0.15, 0.2) is 47.4 Å². The van der Waals surface area contributed by atoms with Gasteiger partial charge in [-0.25, -0.2) is 13.1 Å². The maximum atomic E-state index is 12.4. The van der Waals surface area contributed by atoms with E-state index < -0.39 is 10.0 Å². The van der Waals surface area contributed by atoms with Crippen molar-refractivity contribution in [2.45, 2.75) is 44.6 Å². The molecule has 1 N–H and O–H groups in total. The minimum atomic E-state index is -3.45. The molecule has 0 amide bonds. The Labute approximate surface area is 127 Å². The summed E-state index contributed by atoms with van der Waals surface area (Å²) in [6.45, 7) is 6.20. The van der Waals surface area contributed by atoms with Crippen molar-refractivity contribution in [3.05, 3.63) is 42.5 Å². The first kappa shape index (κ1) is 16.0. The zero-order valence-electron chi connectivity index (χ0n) is 12.8. The van der Waals surface area contributed by atoms with E-state index in [0.717, 1.165) is 23.6 Å². The van der Waals surface area contributed by atoms with E-state index in [1.54, 1.807) is 12.1 Å². The molecule has 0 aliphatic heterocycles. The van der Waals surface area contributed by atoms with Gasteiger partial charge in [0, 0.05) is 6.04 Å². The average molecular weight is 305 g/mol. The summed E-state index contributed by atoms with van der Waals surface area (Å²) >= 11 is 0. The van der Waals surface area contributed by atoms with Gasteiger partial charge >= 0.3 is 0 Å². The van der Waals surface area contributed by atoms with Gasteiger partial charge in [-0.2, -0.15) is 0 Å². The molecule has 0 aliphatic rings. The molecule has 0 aliphatic carbocycles. The average Bonchev–Trinajstić information content (AvgIpc) is 2.44. The van der Waals surface area contributed by atoms with Crippen LogP contribution in [0.1, 0.15) is 33.6 Å². The van der Waals surface area contributed by atoms with Crippen molar-refractivity contribution in [1.29, 1.82) is 0 Å². The normalized spacial score (nSPS) is 13.7. The van der Waals surface area contributed by atoms with Gasteiger partial charge in [0.2, 0.25) is 10.0 Å². The van der Waals surface area contributed by atoms with Gasteiger partial charge in [-0.1, -0.05) is 44.2 Å². The summed E-state index contributed by atoms with van der Waals surface area (Å²) in [6.07, 6.45) is 1.87. The Kier molecular flexibility index (Phi) is 5.01. The molecule has 3 nitrogen and oxygen atoms in total. The fraction of sp³-hybridized carbons (Fsp3) is 0.412. The quantitative estimate of drug-likeness (QED) is 0.878. The number of nitrogens with one attached hydrogen (secondary N) is 1. The molecule has 0 fully saturated rings. The van der Waals surface area contributed by atoms with E-state index in [2.05, 4.69) is 18.6 Å². The SMILES string of the molecule is CC(C)CC[C@H](C)NS(=O)(=O)c1ccc2ccccc2c1. The van der Waals surface area contributed by atoms with Crippen LogP contribution in [-0.2, 0) is 10.0 Å². The Balaban J connectivity index is 2.17. The van der Waals surface area contributed by atoms with Gasteiger partial charge in [0.1, 0.15) is 0 Å². The van der Waals surface area contributed by atoms with Crippen LogP contribution in [0.5, 0.6) is 0 Å². The zero-order chi connectivity index (χ0) is 15.5. The van der Waals surface area contributed by atoms with Crippen LogP contribution >= 0.6 is 0 Å². The highest BCUT2D eigenvalue weighted by Gasteiger charge is 2.17. The summed E-state index contributed by atoms with van der Waals surface area (Å²) in [5, 5.41) is 1.99. The molecule has 21 heavy (non-hydrogen) atoms. The number of hydrogen-bond donors (Lipinski definition) is 1. The minimum Gasteiger partial charge on any atom is -0.208 e. The monoisotopic (exact) mass is 305 g/mol. The lowest BCUT2D eigenvalue weighted by atomic mass is 10.1. The van der Waals surface area contributed by atoms with E-state index in [1.165, 1.54) is 0 Å². The van der Waals surface area contributed by atoms with Crippen molar-refractivity contribution in [2.75, 3.05) is 0 Å². The third-order valence-electron chi connectivity index (χ3n) is 3.56. The summed E-state index contributed by atoms with van der Waals surface area (Å²) in [6, 6.07) is 13.0. The van der Waals surface area contributed by atoms with Gasteiger partial charge in [0.25, 0.3) is 0 Å². The fourth-order valence-corrected chi connectivity index (χ4v) is 3.62. The van der Waals surface area contributed by atoms with Crippen LogP contribution in [0.4, 0.5) is 0 Å². The number of benzene rings is 2. The van der Waals surface area contributed by atoms with Gasteiger partial charge in [0.15, 0.2) is 0 Å². The molecule has 0 aromatic heterocycles. The molecule has 0 radical (unpaired) electrons. The standard InChI is InChI=1S/C17H23NO2S/c1-13(2)8-9-14(3)18-21(19,20)17-11-10-15-6-4-5-7-16(15)12-17/h4-7,10-14,18H,8-9H2,1-3H3/t14-/m0/s1. The molecule has 0 saturated heterocycles. The second kappa shape index (κ2) is 6.58. The first-order valence-corrected chi connectivity index (χ1v) is 8.88. The molecule has 114 valence electrons. The van der Waals surface area contributed by atoms with Crippen molar-refractivity contribution in [2.24, 2.45) is 5.92 Å². The van der Waals surface area contributed by atoms with Crippen LogP contribution in [0.2, 0.25) is 0 Å². The Bertz CT molecular complexity index is 708. The Morgan fingerprint density at radius 1 is 0.952 bits per heavy atom. The molecule has 1 atom stereocenters. The molecule has 0 saturated carbocycles. The lowest BCUT2D eigenvalue weighted by Crippen LogP contribution is -2.32. The van der Waals surface area contributed by atoms with Crippen LogP contribution in [0.25, 0.3) is 10.8 Å². The first-order valence-electron chi connectivity index (χ1n) is 7.39. The van der Waals surface area contributed by atoms with Crippen molar-refractivity contribution >= 4 is 20.8 Å². The highest BCUT2D eigenvalue weighted by atomic mass is 32.2. The lowest BCUT2D eigenvalue weighted by molar-refractivity contribution is 0.485. The van der Waals surface area contributed by atoms with Crippen molar-refractivity contribution < 1.29 is 8.42 Å². The molecule has 0 spiro atoms. The lowest BCUT2D eigenvalue weighted by Gasteiger charge is -2.15. The van der Waals surface area contributed by atoms with E-state index in [0.29, 0.717) is 10.8 Å². The Morgan fingerprint density at radius 2 is 1.62 bits per heavy atom. The molecule has 0 bridgehead atoms. The molecule has 2 aromatic carbocycles. The molecule has 0 heterocycles. The number of sulfonamides is 1. The Hall–Kier alpha value is -1.39. The summed E-state index contributed by atoms with van der Waals surface area (Å²) in [5.74, 6) is 0.581. The molecular formula is C17H23NO2S. The first-order chi connectivity index (χ1) is 9.88. The van der Waals surface area contributed by atoms with E-state index >= 15 is 0 Å². The predicted molar refractivity (Wildman–Crippen MR) is 87.8 cm³/mol. The molecule has 2 aromatic rings. The summed E-state index contributed by atoms with van der Waals surface area (Å²) in [4.78, 5) is 0.331. The zero-order valence-corrected chi connectivity index (χ0v) is 13.7. The maximum Gasteiger partial charge on any atom is 0.240 e. The smallest absolute Gasteiger partial charge is 0.208 e. The van der Waals surface area contributed by atoms with Crippen molar-refractivity contribution in [1.82, 2.24) is 4.72 Å². The molecule has 2 rings (SSSR count). The highest BCUT2D eigenvalue weighted by Crippen LogP contribution is 2.19. The van der Waals surface area contributed by atoms with Gasteiger partial charge in [-0.3, -0.25) is 0 Å². The van der Waals surface area contributed by atoms with Gasteiger partial charge < -0.3 is 0 Å². The maximum absolute atomic E-state index is 12.4. The second-order valence-electron chi connectivity index (χ2n) is 6.00. The number of fused-ring (bicyclic) bond motifs is 1. The van der Waals surface area contributed by atoms with Gasteiger partial charge in [-0.15, -0.1) is 0 Å². The predicted octanol–water partition coefficient (Wildman–Crippen LogP) is 3.94.